The summed E-state index contributed by atoms with van der Waals surface area (Å²) >= 11 is 0. The van der Waals surface area contributed by atoms with Crippen LogP contribution < -0.4 is 0 Å². The average molecular weight is 252 g/mol. The zero-order valence-electron chi connectivity index (χ0n) is 12.6. The fourth-order valence-corrected chi connectivity index (χ4v) is 3.21. The van der Waals surface area contributed by atoms with E-state index in [0.717, 1.165) is 18.4 Å². The molecule has 2 rings (SSSR count). The van der Waals surface area contributed by atoms with Crippen molar-refractivity contribution < 1.29 is 0 Å². The maximum absolute atomic E-state index is 5.56. The van der Waals surface area contributed by atoms with Gasteiger partial charge in [-0.2, -0.15) is 0 Å². The first-order chi connectivity index (χ1) is 9.03. The Kier molecular flexibility index (Phi) is 3.85. The first kappa shape index (κ1) is 13.9. The van der Waals surface area contributed by atoms with Crippen LogP contribution >= 0.6 is 0 Å². The third kappa shape index (κ3) is 2.47. The number of terminal acetylenes is 1. The molecule has 0 radical (unpaired) electrons. The minimum Gasteiger partial charge on any atom is -0.115 e. The Hall–Kier alpha value is -1.48. The monoisotopic (exact) mass is 252 g/mol. The molecule has 1 aromatic rings. The standard InChI is InChI=1S/C19H24/c1-6-14-9-10-17-16(15(7-2)8-3)11-12-19(4,5)18(17)13-14/h1,9-10,13H,7-8,11-12H2,2-5H3. The number of hydrogen-bond acceptors (Lipinski definition) is 0. The molecule has 1 aromatic carbocycles. The van der Waals surface area contributed by atoms with E-state index in [2.05, 4.69) is 51.8 Å². The molecule has 0 aliphatic heterocycles. The fourth-order valence-electron chi connectivity index (χ4n) is 3.21. The predicted molar refractivity (Wildman–Crippen MR) is 84.1 cm³/mol. The molecule has 19 heavy (non-hydrogen) atoms. The Morgan fingerprint density at radius 3 is 2.53 bits per heavy atom. The Morgan fingerprint density at radius 1 is 1.26 bits per heavy atom. The van der Waals surface area contributed by atoms with E-state index in [4.69, 9.17) is 6.42 Å². The van der Waals surface area contributed by atoms with Gasteiger partial charge in [0.1, 0.15) is 0 Å². The molecular formula is C19H24. The van der Waals surface area contributed by atoms with Gasteiger partial charge in [0.2, 0.25) is 0 Å². The number of fused-ring (bicyclic) bond motifs is 1. The molecular weight excluding hydrogens is 228 g/mol. The molecule has 0 amide bonds. The Bertz CT molecular complexity index is 544. The molecule has 0 atom stereocenters. The maximum Gasteiger partial charge on any atom is 0.0245 e. The van der Waals surface area contributed by atoms with Gasteiger partial charge in [0, 0.05) is 5.56 Å². The maximum atomic E-state index is 5.56. The summed E-state index contributed by atoms with van der Waals surface area (Å²) in [6.07, 6.45) is 10.3. The molecule has 0 nitrogen and oxygen atoms in total. The van der Waals surface area contributed by atoms with Crippen molar-refractivity contribution in [2.45, 2.75) is 58.8 Å². The highest BCUT2D eigenvalue weighted by atomic mass is 14.3. The van der Waals surface area contributed by atoms with E-state index < -0.39 is 0 Å². The van der Waals surface area contributed by atoms with Crippen LogP contribution in [-0.2, 0) is 5.41 Å². The molecule has 0 bridgehead atoms. The lowest BCUT2D eigenvalue weighted by atomic mass is 9.69. The van der Waals surface area contributed by atoms with Gasteiger partial charge in [0.25, 0.3) is 0 Å². The van der Waals surface area contributed by atoms with Crippen molar-refractivity contribution in [1.82, 2.24) is 0 Å². The zero-order valence-corrected chi connectivity index (χ0v) is 12.6. The summed E-state index contributed by atoms with van der Waals surface area (Å²) < 4.78 is 0. The van der Waals surface area contributed by atoms with Crippen molar-refractivity contribution in [3.63, 3.8) is 0 Å². The molecule has 0 unspecified atom stereocenters. The van der Waals surface area contributed by atoms with Crippen molar-refractivity contribution >= 4 is 5.57 Å². The first-order valence-electron chi connectivity index (χ1n) is 7.36. The van der Waals surface area contributed by atoms with E-state index >= 15 is 0 Å². The van der Waals surface area contributed by atoms with Crippen molar-refractivity contribution in [3.05, 3.63) is 40.5 Å². The smallest absolute Gasteiger partial charge is 0.0245 e. The van der Waals surface area contributed by atoms with Gasteiger partial charge in [0.05, 0.1) is 0 Å². The van der Waals surface area contributed by atoms with Crippen LogP contribution in [-0.4, -0.2) is 0 Å². The van der Waals surface area contributed by atoms with E-state index in [-0.39, 0.29) is 5.41 Å². The highest BCUT2D eigenvalue weighted by Gasteiger charge is 2.30. The van der Waals surface area contributed by atoms with Gasteiger partial charge in [-0.1, -0.05) is 45.3 Å². The molecule has 0 saturated heterocycles. The largest absolute Gasteiger partial charge is 0.115 e. The van der Waals surface area contributed by atoms with Crippen LogP contribution in [0.5, 0.6) is 0 Å². The number of rotatable bonds is 2. The lowest BCUT2D eigenvalue weighted by Crippen LogP contribution is -2.24. The third-order valence-corrected chi connectivity index (χ3v) is 4.52. The van der Waals surface area contributed by atoms with Crippen molar-refractivity contribution in [1.29, 1.82) is 0 Å². The highest BCUT2D eigenvalue weighted by molar-refractivity contribution is 5.74. The number of benzene rings is 1. The molecule has 0 saturated carbocycles. The Morgan fingerprint density at radius 2 is 1.95 bits per heavy atom. The molecule has 0 heteroatoms. The van der Waals surface area contributed by atoms with E-state index in [1.807, 2.05) is 0 Å². The van der Waals surface area contributed by atoms with E-state index in [1.165, 1.54) is 24.0 Å². The summed E-state index contributed by atoms with van der Waals surface area (Å²) in [5.74, 6) is 2.77. The minimum absolute atomic E-state index is 0.234. The second-order valence-electron chi connectivity index (χ2n) is 6.08. The fraction of sp³-hybridized carbons (Fsp3) is 0.474. The van der Waals surface area contributed by atoms with Crippen LogP contribution in [0.25, 0.3) is 5.57 Å². The van der Waals surface area contributed by atoms with Gasteiger partial charge in [-0.05, 0) is 59.9 Å². The Balaban J connectivity index is 2.66. The van der Waals surface area contributed by atoms with Crippen molar-refractivity contribution in [2.75, 3.05) is 0 Å². The third-order valence-electron chi connectivity index (χ3n) is 4.52. The van der Waals surface area contributed by atoms with E-state index in [9.17, 15) is 0 Å². The summed E-state index contributed by atoms with van der Waals surface area (Å²) in [5, 5.41) is 0. The molecule has 0 N–H and O–H groups in total. The van der Waals surface area contributed by atoms with Gasteiger partial charge >= 0.3 is 0 Å². The Labute approximate surface area is 117 Å². The molecule has 0 heterocycles. The molecule has 1 aliphatic carbocycles. The van der Waals surface area contributed by atoms with Gasteiger partial charge < -0.3 is 0 Å². The summed E-state index contributed by atoms with van der Waals surface area (Å²) in [7, 11) is 0. The molecule has 100 valence electrons. The van der Waals surface area contributed by atoms with Crippen LogP contribution in [0.15, 0.2) is 23.8 Å². The topological polar surface area (TPSA) is 0 Å². The molecule has 1 aliphatic rings. The van der Waals surface area contributed by atoms with E-state index in [0.29, 0.717) is 0 Å². The SMILES string of the molecule is C#Cc1ccc2c(c1)C(C)(C)CCC2=C(CC)CC. The predicted octanol–water partition coefficient (Wildman–Crippen LogP) is 5.31. The average Bonchev–Trinajstić information content (AvgIpc) is 2.42. The second kappa shape index (κ2) is 5.25. The summed E-state index contributed by atoms with van der Waals surface area (Å²) in [5.41, 5.74) is 7.28. The summed E-state index contributed by atoms with van der Waals surface area (Å²) in [4.78, 5) is 0. The summed E-state index contributed by atoms with van der Waals surface area (Å²) in [6, 6.07) is 6.55. The van der Waals surface area contributed by atoms with Crippen LogP contribution in [0.2, 0.25) is 0 Å². The van der Waals surface area contributed by atoms with Gasteiger partial charge in [-0.3, -0.25) is 0 Å². The van der Waals surface area contributed by atoms with Gasteiger partial charge in [-0.15, -0.1) is 6.42 Å². The molecule has 0 aromatic heterocycles. The minimum atomic E-state index is 0.234. The van der Waals surface area contributed by atoms with Crippen LogP contribution in [0.4, 0.5) is 0 Å². The zero-order chi connectivity index (χ0) is 14.0. The van der Waals surface area contributed by atoms with Crippen LogP contribution in [0, 0.1) is 12.3 Å². The lowest BCUT2D eigenvalue weighted by Gasteiger charge is -2.35. The lowest BCUT2D eigenvalue weighted by molar-refractivity contribution is 0.473. The quantitative estimate of drug-likeness (QED) is 0.625. The normalized spacial score (nSPS) is 16.7. The summed E-state index contributed by atoms with van der Waals surface area (Å²) in [6.45, 7) is 9.20. The van der Waals surface area contributed by atoms with Crippen LogP contribution in [0.3, 0.4) is 0 Å². The van der Waals surface area contributed by atoms with Crippen LogP contribution in [0.1, 0.15) is 70.1 Å². The van der Waals surface area contributed by atoms with E-state index in [1.54, 1.807) is 11.1 Å². The molecule has 0 fully saturated rings. The number of hydrogen-bond donors (Lipinski definition) is 0. The van der Waals surface area contributed by atoms with Gasteiger partial charge in [0.15, 0.2) is 0 Å². The molecule has 0 spiro atoms. The van der Waals surface area contributed by atoms with Crippen molar-refractivity contribution in [3.8, 4) is 12.3 Å². The number of allylic oxidation sites excluding steroid dienone is 2. The second-order valence-corrected chi connectivity index (χ2v) is 6.08. The van der Waals surface area contributed by atoms with Gasteiger partial charge in [-0.25, -0.2) is 0 Å². The first-order valence-corrected chi connectivity index (χ1v) is 7.36. The highest BCUT2D eigenvalue weighted by Crippen LogP contribution is 2.44. The van der Waals surface area contributed by atoms with Crippen molar-refractivity contribution in [2.24, 2.45) is 0 Å².